The van der Waals surface area contributed by atoms with Crippen LogP contribution in [0, 0.1) is 18.2 Å². The summed E-state index contributed by atoms with van der Waals surface area (Å²) in [7, 11) is 0. The molecule has 5 aromatic carbocycles. The number of imidazole rings is 1. The Balaban J connectivity index is 0.000000191. The second-order valence-corrected chi connectivity index (χ2v) is 25.7. The summed E-state index contributed by atoms with van der Waals surface area (Å²) in [6.07, 6.45) is 6.46. The van der Waals surface area contributed by atoms with Crippen molar-refractivity contribution in [2.45, 2.75) is 37.5 Å². The van der Waals surface area contributed by atoms with E-state index in [9.17, 15) is 0 Å². The van der Waals surface area contributed by atoms with Crippen molar-refractivity contribution in [3.63, 3.8) is 0 Å². The second-order valence-electron chi connectivity index (χ2n) is 15.1. The van der Waals surface area contributed by atoms with Gasteiger partial charge in [-0.15, -0.1) is 6.07 Å². The second kappa shape index (κ2) is 16.3. The molecule has 0 saturated heterocycles. The van der Waals surface area contributed by atoms with Crippen molar-refractivity contribution in [1.82, 2.24) is 19.5 Å². The van der Waals surface area contributed by atoms with Gasteiger partial charge in [-0.25, -0.2) is 0 Å². The molecule has 1 radical (unpaired) electrons. The fourth-order valence-corrected chi connectivity index (χ4v) is 10.5. The molecule has 0 amide bonds. The van der Waals surface area contributed by atoms with Crippen LogP contribution in [0.5, 0.6) is 0 Å². The molecular formula is C48H42GeIrN4O-2. The minimum Gasteiger partial charge on any atom is -0.483 e. The van der Waals surface area contributed by atoms with Crippen molar-refractivity contribution in [3.05, 3.63) is 164 Å². The van der Waals surface area contributed by atoms with Crippen molar-refractivity contribution in [3.8, 4) is 39.5 Å². The van der Waals surface area contributed by atoms with Gasteiger partial charge in [0, 0.05) is 36.7 Å². The summed E-state index contributed by atoms with van der Waals surface area (Å²) in [5.41, 5.74) is 11.2. The van der Waals surface area contributed by atoms with E-state index in [4.69, 9.17) is 14.4 Å². The molecule has 0 aliphatic carbocycles. The number of hydrogen-bond donors (Lipinski definition) is 0. The summed E-state index contributed by atoms with van der Waals surface area (Å²) >= 11 is -1.86. The van der Waals surface area contributed by atoms with E-state index in [2.05, 4.69) is 138 Å². The van der Waals surface area contributed by atoms with Crippen LogP contribution < -0.4 is 4.40 Å². The van der Waals surface area contributed by atoms with Crippen LogP contribution in [0.25, 0.3) is 72.6 Å². The van der Waals surface area contributed by atoms with Gasteiger partial charge in [0.1, 0.15) is 11.3 Å². The largest absolute Gasteiger partial charge is 0.483 e. The number of rotatable bonds is 7. The molecule has 5 nitrogen and oxygen atoms in total. The zero-order valence-corrected chi connectivity index (χ0v) is 36.2. The molecule has 9 rings (SSSR count). The van der Waals surface area contributed by atoms with E-state index < -0.39 is 13.3 Å². The minimum atomic E-state index is -1.86. The summed E-state index contributed by atoms with van der Waals surface area (Å²) in [5, 5.41) is 1.99. The zero-order valence-electron chi connectivity index (χ0n) is 31.7. The molecule has 0 fully saturated rings. The number of furan rings is 1. The molecule has 0 unspecified atom stereocenters. The molecule has 0 saturated carbocycles. The van der Waals surface area contributed by atoms with Gasteiger partial charge in [0.05, 0.1) is 16.9 Å². The van der Waals surface area contributed by atoms with Crippen LogP contribution in [-0.2, 0) is 26.5 Å². The van der Waals surface area contributed by atoms with Gasteiger partial charge >= 0.3 is 126 Å². The summed E-state index contributed by atoms with van der Waals surface area (Å²) in [5.74, 6) is 8.79. The number of fused-ring (bicyclic) bond motifs is 4. The Morgan fingerprint density at radius 3 is 2.25 bits per heavy atom. The van der Waals surface area contributed by atoms with Crippen LogP contribution in [0.2, 0.25) is 17.3 Å². The van der Waals surface area contributed by atoms with Gasteiger partial charge in [0.2, 0.25) is 0 Å². The monoisotopic (exact) mass is 957 g/mol. The average Bonchev–Trinajstić information content (AvgIpc) is 3.77. The number of para-hydroxylation sites is 4. The van der Waals surface area contributed by atoms with Crippen LogP contribution in [0.1, 0.15) is 19.4 Å². The predicted molar refractivity (Wildman–Crippen MR) is 226 cm³/mol. The number of pyridine rings is 2. The summed E-state index contributed by atoms with van der Waals surface area (Å²) < 4.78 is 9.67. The van der Waals surface area contributed by atoms with Gasteiger partial charge in [-0.05, 0) is 41.4 Å². The number of hydrogen-bond acceptors (Lipinski definition) is 4. The Bertz CT molecular complexity index is 2710. The molecule has 0 N–H and O–H groups in total. The number of aromatic nitrogens is 4. The maximum Gasteiger partial charge on any atom is 0.141 e. The summed E-state index contributed by atoms with van der Waals surface area (Å²) in [6.45, 7) is 4.57. The van der Waals surface area contributed by atoms with Crippen molar-refractivity contribution < 1.29 is 24.5 Å². The number of benzene rings is 5. The van der Waals surface area contributed by atoms with Gasteiger partial charge in [-0.3, -0.25) is 4.98 Å². The van der Waals surface area contributed by atoms with Crippen LogP contribution in [0.4, 0.5) is 0 Å². The predicted octanol–water partition coefficient (Wildman–Crippen LogP) is 11.7. The van der Waals surface area contributed by atoms with Crippen LogP contribution in [0.15, 0.2) is 150 Å². The van der Waals surface area contributed by atoms with E-state index in [1.54, 1.807) is 4.40 Å². The third-order valence-corrected chi connectivity index (χ3v) is 14.0. The summed E-state index contributed by atoms with van der Waals surface area (Å²) in [4.78, 5) is 14.3. The molecule has 0 aliphatic heterocycles. The Kier molecular flexibility index (Phi) is 11.3. The fraction of sp³-hybridized carbons (Fsp3) is 0.146. The third kappa shape index (κ3) is 7.99. The maximum absolute atomic E-state index is 5.92. The van der Waals surface area contributed by atoms with E-state index in [-0.39, 0.29) is 20.1 Å². The Hall–Kier alpha value is -5.14. The Morgan fingerprint density at radius 2 is 1.47 bits per heavy atom. The van der Waals surface area contributed by atoms with Crippen molar-refractivity contribution in [1.29, 1.82) is 0 Å². The normalized spacial score (nSPS) is 11.5. The molecular weight excluding hydrogens is 913 g/mol. The molecule has 0 aliphatic rings. The zero-order chi connectivity index (χ0) is 37.2. The number of nitrogens with zero attached hydrogens (tertiary/aromatic N) is 4. The van der Waals surface area contributed by atoms with E-state index >= 15 is 0 Å². The smallest absolute Gasteiger partial charge is 0.141 e. The fourth-order valence-electron chi connectivity index (χ4n) is 7.14. The first-order valence-electron chi connectivity index (χ1n) is 18.5. The SMILES string of the molecule is CC(C)Cc1cc(-c2[c-]cccc2)nc[c]1[Ge]([CH3])([CH3])[CH3].[Ir].[c-]1nc2oc3ccccc3c2cc1-c1nc2ccccc2n1-c1ccccc1-c1ccccc1. The first-order valence-corrected chi connectivity index (χ1v) is 25.9. The van der Waals surface area contributed by atoms with Crippen LogP contribution >= 0.6 is 0 Å². The van der Waals surface area contributed by atoms with Gasteiger partial charge in [0.25, 0.3) is 0 Å². The van der Waals surface area contributed by atoms with Gasteiger partial charge < -0.3 is 14.0 Å². The molecule has 0 atom stereocenters. The molecule has 55 heavy (non-hydrogen) atoms. The molecule has 0 bridgehead atoms. The van der Waals surface area contributed by atoms with E-state index in [1.165, 1.54) is 5.56 Å². The topological polar surface area (TPSA) is 56.7 Å². The summed E-state index contributed by atoms with van der Waals surface area (Å²) in [6, 6.07) is 50.8. The maximum atomic E-state index is 5.92. The van der Waals surface area contributed by atoms with Crippen LogP contribution in [-0.4, -0.2) is 32.8 Å². The molecule has 4 aromatic heterocycles. The van der Waals surface area contributed by atoms with Gasteiger partial charge in [-0.2, -0.15) is 0 Å². The van der Waals surface area contributed by atoms with Crippen LogP contribution in [0.3, 0.4) is 0 Å². The minimum absolute atomic E-state index is 0. The quantitative estimate of drug-likeness (QED) is 0.118. The Morgan fingerprint density at radius 1 is 0.745 bits per heavy atom. The van der Waals surface area contributed by atoms with Gasteiger partial charge in [0.15, 0.2) is 0 Å². The van der Waals surface area contributed by atoms with Gasteiger partial charge in [-0.1, -0.05) is 84.4 Å². The standard InChI is InChI=1S/C30H18N3O.C18H24GeN.Ir/c1-2-10-20(11-3-1)22-12-4-7-15-26(22)33-27-16-8-6-14-25(27)32-29(33)21-18-24-23-13-5-9-17-28(23)34-30(24)31-19-21;1-14(2)11-16-12-18(15-9-7-6-8-10-15)20-13-17(16)19(3,4)5;/h1-18H;6-9,12-14H,11H2,1-5H3;/q2*-1;. The third-order valence-electron chi connectivity index (χ3n) is 9.62. The van der Waals surface area contributed by atoms with Crippen molar-refractivity contribution in [2.75, 3.05) is 0 Å². The van der Waals surface area contributed by atoms with Crippen molar-refractivity contribution >= 4 is 50.8 Å². The molecule has 7 heteroatoms. The van der Waals surface area contributed by atoms with E-state index in [0.29, 0.717) is 11.6 Å². The first-order chi connectivity index (χ1) is 26.2. The van der Waals surface area contributed by atoms with E-state index in [0.717, 1.165) is 73.3 Å². The molecule has 9 aromatic rings. The van der Waals surface area contributed by atoms with Crippen molar-refractivity contribution in [2.24, 2.45) is 5.92 Å². The van der Waals surface area contributed by atoms with E-state index in [1.807, 2.05) is 60.7 Å². The average molecular weight is 956 g/mol. The molecule has 275 valence electrons. The molecule has 0 spiro atoms. The first kappa shape index (κ1) is 38.1. The Labute approximate surface area is 339 Å². The molecule has 4 heterocycles.